The molecule has 0 saturated carbocycles. The highest BCUT2D eigenvalue weighted by Gasteiger charge is 2.19. The Kier molecular flexibility index (Phi) is 2.40. The lowest BCUT2D eigenvalue weighted by Crippen LogP contribution is -2.00. The van der Waals surface area contributed by atoms with E-state index in [1.165, 1.54) is 18.6 Å². The average Bonchev–Trinajstić information content (AvgIpc) is 2.47. The highest BCUT2D eigenvalue weighted by molar-refractivity contribution is 7.99. The van der Waals surface area contributed by atoms with Crippen molar-refractivity contribution in [2.75, 3.05) is 5.75 Å². The quantitative estimate of drug-likeness (QED) is 0.671. The molecule has 0 nitrogen and oxygen atoms in total. The molecular weight excluding hydrogens is 164 g/mol. The molecule has 0 heterocycles. The van der Waals surface area contributed by atoms with Crippen LogP contribution in [0.25, 0.3) is 0 Å². The number of hydrogen-bond acceptors (Lipinski definition) is 1. The van der Waals surface area contributed by atoms with Gasteiger partial charge in [-0.1, -0.05) is 31.2 Å². The van der Waals surface area contributed by atoms with Gasteiger partial charge in [-0.2, -0.15) is 11.8 Å². The molecule has 0 fully saturated rings. The summed E-state index contributed by atoms with van der Waals surface area (Å²) >= 11 is 2.10. The van der Waals surface area contributed by atoms with E-state index in [1.54, 1.807) is 11.1 Å². The van der Waals surface area contributed by atoms with Gasteiger partial charge in [0.2, 0.25) is 0 Å². The Morgan fingerprint density at radius 2 is 1.83 bits per heavy atom. The van der Waals surface area contributed by atoms with E-state index in [0.717, 1.165) is 5.25 Å². The fraction of sp³-hybridized carbons (Fsp3) is 0.455. The van der Waals surface area contributed by atoms with Gasteiger partial charge in [0.25, 0.3) is 0 Å². The van der Waals surface area contributed by atoms with Crippen LogP contribution in [0.4, 0.5) is 0 Å². The van der Waals surface area contributed by atoms with Gasteiger partial charge in [-0.05, 0) is 29.7 Å². The van der Waals surface area contributed by atoms with Crippen molar-refractivity contribution in [3.05, 3.63) is 35.4 Å². The van der Waals surface area contributed by atoms with E-state index in [1.807, 2.05) is 0 Å². The summed E-state index contributed by atoms with van der Waals surface area (Å²) in [7, 11) is 0. The van der Waals surface area contributed by atoms with Gasteiger partial charge in [0.15, 0.2) is 0 Å². The first kappa shape index (κ1) is 8.18. The first-order valence-corrected chi connectivity index (χ1v) is 5.63. The standard InChI is InChI=1S/C11H14S/c1-2-12-11-7-9-5-3-4-6-10(9)8-11/h3-6,11H,2,7-8H2,1H3. The van der Waals surface area contributed by atoms with Crippen LogP contribution in [0, 0.1) is 0 Å². The zero-order valence-corrected chi connectivity index (χ0v) is 8.23. The number of rotatable bonds is 2. The van der Waals surface area contributed by atoms with Crippen LogP contribution in [0.1, 0.15) is 18.1 Å². The van der Waals surface area contributed by atoms with Gasteiger partial charge in [-0.15, -0.1) is 0 Å². The second-order valence-electron chi connectivity index (χ2n) is 3.25. The lowest BCUT2D eigenvalue weighted by atomic mass is 10.1. The summed E-state index contributed by atoms with van der Waals surface area (Å²) in [6, 6.07) is 8.84. The predicted molar refractivity (Wildman–Crippen MR) is 55.8 cm³/mol. The molecule has 2 rings (SSSR count). The average molecular weight is 178 g/mol. The molecule has 0 unspecified atom stereocenters. The van der Waals surface area contributed by atoms with Gasteiger partial charge in [0, 0.05) is 5.25 Å². The molecule has 0 aromatic heterocycles. The van der Waals surface area contributed by atoms with Crippen molar-refractivity contribution in [3.8, 4) is 0 Å². The Labute approximate surface area is 78.4 Å². The van der Waals surface area contributed by atoms with Gasteiger partial charge in [0.05, 0.1) is 0 Å². The Morgan fingerprint density at radius 1 is 1.25 bits per heavy atom. The molecule has 64 valence electrons. The Morgan fingerprint density at radius 3 is 2.33 bits per heavy atom. The van der Waals surface area contributed by atoms with E-state index in [4.69, 9.17) is 0 Å². The Balaban J connectivity index is 2.11. The van der Waals surface area contributed by atoms with Crippen LogP contribution < -0.4 is 0 Å². The van der Waals surface area contributed by atoms with Crippen molar-refractivity contribution in [3.63, 3.8) is 0 Å². The summed E-state index contributed by atoms with van der Waals surface area (Å²) in [5, 5.41) is 0.854. The molecule has 0 atom stereocenters. The maximum absolute atomic E-state index is 2.27. The minimum atomic E-state index is 0.854. The highest BCUT2D eigenvalue weighted by atomic mass is 32.2. The molecule has 0 saturated heterocycles. The molecule has 1 aromatic carbocycles. The van der Waals surface area contributed by atoms with Crippen molar-refractivity contribution < 1.29 is 0 Å². The van der Waals surface area contributed by atoms with Crippen molar-refractivity contribution in [1.82, 2.24) is 0 Å². The van der Waals surface area contributed by atoms with Gasteiger partial charge in [-0.25, -0.2) is 0 Å². The van der Waals surface area contributed by atoms with Crippen molar-refractivity contribution in [1.29, 1.82) is 0 Å². The molecule has 0 spiro atoms. The summed E-state index contributed by atoms with van der Waals surface area (Å²) in [4.78, 5) is 0. The molecule has 0 aliphatic heterocycles. The second kappa shape index (κ2) is 3.53. The Bertz CT molecular complexity index is 242. The van der Waals surface area contributed by atoms with Crippen LogP contribution in [-0.4, -0.2) is 11.0 Å². The zero-order valence-electron chi connectivity index (χ0n) is 7.42. The van der Waals surface area contributed by atoms with E-state index in [2.05, 4.69) is 43.0 Å². The minimum absolute atomic E-state index is 0.854. The maximum atomic E-state index is 2.27. The van der Waals surface area contributed by atoms with Crippen molar-refractivity contribution >= 4 is 11.8 Å². The van der Waals surface area contributed by atoms with E-state index in [0.29, 0.717) is 0 Å². The molecule has 0 bridgehead atoms. The van der Waals surface area contributed by atoms with Crippen LogP contribution >= 0.6 is 11.8 Å². The van der Waals surface area contributed by atoms with Crippen molar-refractivity contribution in [2.24, 2.45) is 0 Å². The minimum Gasteiger partial charge on any atom is -0.158 e. The first-order chi connectivity index (χ1) is 5.90. The SMILES string of the molecule is CCSC1Cc2ccccc2C1. The normalized spacial score (nSPS) is 16.4. The van der Waals surface area contributed by atoms with Crippen LogP contribution in [0.5, 0.6) is 0 Å². The summed E-state index contributed by atoms with van der Waals surface area (Å²) in [5.74, 6) is 1.25. The second-order valence-corrected chi connectivity index (χ2v) is 4.83. The van der Waals surface area contributed by atoms with E-state index in [9.17, 15) is 0 Å². The topological polar surface area (TPSA) is 0 Å². The van der Waals surface area contributed by atoms with Crippen molar-refractivity contribution in [2.45, 2.75) is 25.0 Å². The largest absolute Gasteiger partial charge is 0.158 e. The van der Waals surface area contributed by atoms with E-state index in [-0.39, 0.29) is 0 Å². The van der Waals surface area contributed by atoms with Gasteiger partial charge >= 0.3 is 0 Å². The smallest absolute Gasteiger partial charge is 0.0128 e. The number of benzene rings is 1. The molecular formula is C11H14S. The first-order valence-electron chi connectivity index (χ1n) is 4.58. The third-order valence-electron chi connectivity index (χ3n) is 2.42. The fourth-order valence-electron chi connectivity index (χ4n) is 1.87. The molecule has 12 heavy (non-hydrogen) atoms. The molecule has 1 aromatic rings. The highest BCUT2D eigenvalue weighted by Crippen LogP contribution is 2.29. The third kappa shape index (κ3) is 1.51. The van der Waals surface area contributed by atoms with Crippen LogP contribution in [0.2, 0.25) is 0 Å². The number of thioether (sulfide) groups is 1. The van der Waals surface area contributed by atoms with E-state index >= 15 is 0 Å². The summed E-state index contributed by atoms with van der Waals surface area (Å²) in [6.07, 6.45) is 2.57. The molecule has 1 aliphatic rings. The predicted octanol–water partition coefficient (Wildman–Crippen LogP) is 2.91. The van der Waals surface area contributed by atoms with Gasteiger partial charge in [-0.3, -0.25) is 0 Å². The van der Waals surface area contributed by atoms with Crippen LogP contribution in [0.3, 0.4) is 0 Å². The number of fused-ring (bicyclic) bond motifs is 1. The molecule has 0 N–H and O–H groups in total. The summed E-state index contributed by atoms with van der Waals surface area (Å²) in [6.45, 7) is 2.24. The maximum Gasteiger partial charge on any atom is 0.0128 e. The third-order valence-corrected chi connectivity index (χ3v) is 3.55. The molecule has 1 aliphatic carbocycles. The fourth-order valence-corrected chi connectivity index (χ4v) is 2.94. The number of hydrogen-bond donors (Lipinski definition) is 0. The van der Waals surface area contributed by atoms with E-state index < -0.39 is 0 Å². The van der Waals surface area contributed by atoms with Crippen LogP contribution in [-0.2, 0) is 12.8 Å². The Hall–Kier alpha value is -0.430. The van der Waals surface area contributed by atoms with Gasteiger partial charge in [0.1, 0.15) is 0 Å². The lowest BCUT2D eigenvalue weighted by molar-refractivity contribution is 0.935. The monoisotopic (exact) mass is 178 g/mol. The van der Waals surface area contributed by atoms with Crippen LogP contribution in [0.15, 0.2) is 24.3 Å². The molecule has 0 radical (unpaired) electrons. The summed E-state index contributed by atoms with van der Waals surface area (Å²) < 4.78 is 0. The molecule has 1 heteroatoms. The van der Waals surface area contributed by atoms with Gasteiger partial charge < -0.3 is 0 Å². The molecule has 0 amide bonds. The summed E-state index contributed by atoms with van der Waals surface area (Å²) in [5.41, 5.74) is 3.15. The lowest BCUT2D eigenvalue weighted by Gasteiger charge is -2.04. The zero-order chi connectivity index (χ0) is 8.39.